The summed E-state index contributed by atoms with van der Waals surface area (Å²) in [4.78, 5) is 12.5. The van der Waals surface area contributed by atoms with E-state index in [9.17, 15) is 4.79 Å². The summed E-state index contributed by atoms with van der Waals surface area (Å²) >= 11 is 6.12. The first-order chi connectivity index (χ1) is 13.5. The SMILES string of the molecule is COc1ccc(OC)c(NC(=O)c2ccc(Nc3cccc(Cl)c3C)nn2)c1. The number of nitrogens with one attached hydrogen (secondary N) is 2. The van der Waals surface area contributed by atoms with Gasteiger partial charge in [-0.25, -0.2) is 0 Å². The maximum Gasteiger partial charge on any atom is 0.276 e. The van der Waals surface area contributed by atoms with Crippen molar-refractivity contribution in [3.8, 4) is 11.5 Å². The van der Waals surface area contributed by atoms with Crippen LogP contribution < -0.4 is 20.1 Å². The number of hydrogen-bond acceptors (Lipinski definition) is 6. The van der Waals surface area contributed by atoms with Crippen molar-refractivity contribution >= 4 is 34.7 Å². The Morgan fingerprint density at radius 2 is 1.82 bits per heavy atom. The fraction of sp³-hybridized carbons (Fsp3) is 0.150. The Bertz CT molecular complexity index is 993. The second kappa shape index (κ2) is 8.58. The van der Waals surface area contributed by atoms with E-state index in [0.717, 1.165) is 11.3 Å². The lowest BCUT2D eigenvalue weighted by Crippen LogP contribution is -2.15. The van der Waals surface area contributed by atoms with Crippen LogP contribution in [0, 0.1) is 6.92 Å². The molecule has 0 aliphatic rings. The first kappa shape index (κ1) is 19.4. The summed E-state index contributed by atoms with van der Waals surface area (Å²) in [5.41, 5.74) is 2.36. The molecule has 0 atom stereocenters. The largest absolute Gasteiger partial charge is 0.497 e. The lowest BCUT2D eigenvalue weighted by molar-refractivity contribution is 0.102. The molecule has 0 saturated heterocycles. The molecule has 2 N–H and O–H groups in total. The van der Waals surface area contributed by atoms with Crippen LogP contribution in [0.15, 0.2) is 48.5 Å². The number of ether oxygens (including phenoxy) is 2. The molecule has 7 nitrogen and oxygen atoms in total. The summed E-state index contributed by atoms with van der Waals surface area (Å²) in [6.07, 6.45) is 0. The van der Waals surface area contributed by atoms with E-state index in [1.54, 1.807) is 37.4 Å². The molecule has 2 aromatic carbocycles. The molecule has 0 fully saturated rings. The van der Waals surface area contributed by atoms with E-state index < -0.39 is 5.91 Å². The molecule has 0 unspecified atom stereocenters. The number of rotatable bonds is 6. The summed E-state index contributed by atoms with van der Waals surface area (Å²) in [7, 11) is 3.07. The summed E-state index contributed by atoms with van der Waals surface area (Å²) in [5, 5.41) is 14.6. The third-order valence-electron chi connectivity index (χ3n) is 4.08. The van der Waals surface area contributed by atoms with Crippen LogP contribution in [0.4, 0.5) is 17.2 Å². The standard InChI is InChI=1S/C20H19ClN4O3/c1-12-14(21)5-4-6-15(12)22-19-10-8-16(24-25-19)20(26)23-17-11-13(27-2)7-9-18(17)28-3/h4-11H,1-3H3,(H,22,25)(H,23,26). The summed E-state index contributed by atoms with van der Waals surface area (Å²) in [6.45, 7) is 1.90. The predicted octanol–water partition coefficient (Wildman–Crippen LogP) is 4.45. The molecular formula is C20H19ClN4O3. The van der Waals surface area contributed by atoms with Crippen molar-refractivity contribution in [3.05, 3.63) is 64.8 Å². The van der Waals surface area contributed by atoms with Gasteiger partial charge in [0.15, 0.2) is 11.5 Å². The number of aromatic nitrogens is 2. The summed E-state index contributed by atoms with van der Waals surface area (Å²) in [6, 6.07) is 13.9. The highest BCUT2D eigenvalue weighted by molar-refractivity contribution is 6.31. The summed E-state index contributed by atoms with van der Waals surface area (Å²) < 4.78 is 10.4. The molecule has 0 spiro atoms. The second-order valence-electron chi connectivity index (χ2n) is 5.86. The van der Waals surface area contributed by atoms with Crippen molar-refractivity contribution in [2.45, 2.75) is 6.92 Å². The van der Waals surface area contributed by atoms with E-state index in [4.69, 9.17) is 21.1 Å². The van der Waals surface area contributed by atoms with Crippen LogP contribution in [-0.2, 0) is 0 Å². The summed E-state index contributed by atoms with van der Waals surface area (Å²) in [5.74, 6) is 1.20. The minimum absolute atomic E-state index is 0.165. The van der Waals surface area contributed by atoms with Crippen LogP contribution in [0.25, 0.3) is 0 Å². The van der Waals surface area contributed by atoms with Crippen molar-refractivity contribution in [1.29, 1.82) is 0 Å². The van der Waals surface area contributed by atoms with Gasteiger partial charge in [0.25, 0.3) is 5.91 Å². The lowest BCUT2D eigenvalue weighted by Gasteiger charge is -2.12. The van der Waals surface area contributed by atoms with Gasteiger partial charge in [0.1, 0.15) is 11.5 Å². The lowest BCUT2D eigenvalue weighted by atomic mass is 10.2. The fourth-order valence-electron chi connectivity index (χ4n) is 2.50. The van der Waals surface area contributed by atoms with Crippen LogP contribution in [0.3, 0.4) is 0 Å². The van der Waals surface area contributed by atoms with Gasteiger partial charge in [-0.05, 0) is 48.9 Å². The van der Waals surface area contributed by atoms with Crippen LogP contribution in [-0.4, -0.2) is 30.3 Å². The molecule has 28 heavy (non-hydrogen) atoms. The van der Waals surface area contributed by atoms with Crippen molar-refractivity contribution < 1.29 is 14.3 Å². The monoisotopic (exact) mass is 398 g/mol. The Labute approximate surface area is 167 Å². The number of nitrogens with zero attached hydrogens (tertiary/aromatic N) is 2. The number of hydrogen-bond donors (Lipinski definition) is 2. The van der Waals surface area contributed by atoms with E-state index in [2.05, 4.69) is 20.8 Å². The maximum atomic E-state index is 12.5. The Kier molecular flexibility index (Phi) is 5.96. The molecule has 1 heterocycles. The Balaban J connectivity index is 1.75. The predicted molar refractivity (Wildman–Crippen MR) is 109 cm³/mol. The molecule has 0 radical (unpaired) electrons. The molecule has 0 aliphatic carbocycles. The van der Waals surface area contributed by atoms with Gasteiger partial charge in [0, 0.05) is 16.8 Å². The molecule has 0 aliphatic heterocycles. The van der Waals surface area contributed by atoms with Gasteiger partial charge in [-0.2, -0.15) is 0 Å². The van der Waals surface area contributed by atoms with E-state index in [-0.39, 0.29) is 5.69 Å². The Hall–Kier alpha value is -3.32. The number of anilines is 3. The normalized spacial score (nSPS) is 10.3. The molecule has 8 heteroatoms. The first-order valence-corrected chi connectivity index (χ1v) is 8.79. The van der Waals surface area contributed by atoms with Crippen LogP contribution >= 0.6 is 11.6 Å². The van der Waals surface area contributed by atoms with Gasteiger partial charge in [-0.15, -0.1) is 10.2 Å². The van der Waals surface area contributed by atoms with Gasteiger partial charge >= 0.3 is 0 Å². The van der Waals surface area contributed by atoms with Gasteiger partial charge in [0.05, 0.1) is 19.9 Å². The minimum atomic E-state index is -0.412. The zero-order valence-electron chi connectivity index (χ0n) is 15.6. The zero-order chi connectivity index (χ0) is 20.1. The molecule has 0 bridgehead atoms. The second-order valence-corrected chi connectivity index (χ2v) is 6.27. The minimum Gasteiger partial charge on any atom is -0.497 e. The highest BCUT2D eigenvalue weighted by Gasteiger charge is 2.13. The zero-order valence-corrected chi connectivity index (χ0v) is 16.4. The number of halogens is 1. The van der Waals surface area contributed by atoms with Crippen LogP contribution in [0.2, 0.25) is 5.02 Å². The smallest absolute Gasteiger partial charge is 0.276 e. The quantitative estimate of drug-likeness (QED) is 0.638. The van der Waals surface area contributed by atoms with Gasteiger partial charge in [-0.1, -0.05) is 17.7 Å². The molecule has 0 saturated carbocycles. The van der Waals surface area contributed by atoms with E-state index >= 15 is 0 Å². The van der Waals surface area contributed by atoms with Crippen molar-refractivity contribution in [3.63, 3.8) is 0 Å². The number of methoxy groups -OCH3 is 2. The number of amides is 1. The number of benzene rings is 2. The molecular weight excluding hydrogens is 380 g/mol. The van der Waals surface area contributed by atoms with E-state index in [1.807, 2.05) is 25.1 Å². The van der Waals surface area contributed by atoms with Crippen molar-refractivity contribution in [2.75, 3.05) is 24.9 Å². The Morgan fingerprint density at radius 3 is 2.50 bits per heavy atom. The van der Waals surface area contributed by atoms with Crippen LogP contribution in [0.5, 0.6) is 11.5 Å². The fourth-order valence-corrected chi connectivity index (χ4v) is 2.67. The van der Waals surface area contributed by atoms with Gasteiger partial charge < -0.3 is 20.1 Å². The van der Waals surface area contributed by atoms with Crippen LogP contribution in [0.1, 0.15) is 16.1 Å². The van der Waals surface area contributed by atoms with Crippen molar-refractivity contribution in [1.82, 2.24) is 10.2 Å². The van der Waals surface area contributed by atoms with Gasteiger partial charge in [0.2, 0.25) is 0 Å². The topological polar surface area (TPSA) is 85.4 Å². The maximum absolute atomic E-state index is 12.5. The van der Waals surface area contributed by atoms with Crippen molar-refractivity contribution in [2.24, 2.45) is 0 Å². The third-order valence-corrected chi connectivity index (χ3v) is 4.49. The average molecular weight is 399 g/mol. The molecule has 3 rings (SSSR count). The molecule has 144 valence electrons. The highest BCUT2D eigenvalue weighted by Crippen LogP contribution is 2.29. The number of carbonyl (C=O) groups excluding carboxylic acids is 1. The Morgan fingerprint density at radius 1 is 1.00 bits per heavy atom. The van der Waals surface area contributed by atoms with E-state index in [0.29, 0.717) is 28.0 Å². The van der Waals surface area contributed by atoms with E-state index in [1.165, 1.54) is 7.11 Å². The number of carbonyl (C=O) groups is 1. The highest BCUT2D eigenvalue weighted by atomic mass is 35.5. The first-order valence-electron chi connectivity index (χ1n) is 8.41. The average Bonchev–Trinajstić information content (AvgIpc) is 2.71. The van der Waals surface area contributed by atoms with Gasteiger partial charge in [-0.3, -0.25) is 4.79 Å². The third kappa shape index (κ3) is 4.32. The molecule has 3 aromatic rings. The molecule has 1 amide bonds. The molecule has 1 aromatic heterocycles.